The van der Waals surface area contributed by atoms with Crippen molar-refractivity contribution in [1.29, 1.82) is 0 Å². The van der Waals surface area contributed by atoms with E-state index in [0.29, 0.717) is 18.3 Å². The van der Waals surface area contributed by atoms with E-state index < -0.39 is 0 Å². The molecule has 1 N–H and O–H groups in total. The van der Waals surface area contributed by atoms with Gasteiger partial charge in [0.25, 0.3) is 5.78 Å². The fourth-order valence-corrected chi connectivity index (χ4v) is 3.24. The summed E-state index contributed by atoms with van der Waals surface area (Å²) in [5.74, 6) is 3.16. The van der Waals surface area contributed by atoms with Crippen LogP contribution in [-0.2, 0) is 12.8 Å². The minimum absolute atomic E-state index is 0.649. The minimum Gasteiger partial charge on any atom is -0.494 e. The van der Waals surface area contributed by atoms with Gasteiger partial charge in [0.1, 0.15) is 17.9 Å². The van der Waals surface area contributed by atoms with Gasteiger partial charge in [-0.3, -0.25) is 0 Å². The monoisotopic (exact) mass is 323 g/mol. The molecule has 0 bridgehead atoms. The van der Waals surface area contributed by atoms with Crippen LogP contribution < -0.4 is 10.1 Å². The second-order valence-electron chi connectivity index (χ2n) is 6.29. The van der Waals surface area contributed by atoms with Gasteiger partial charge in [-0.05, 0) is 56.4 Å². The number of rotatable bonds is 4. The van der Waals surface area contributed by atoms with Gasteiger partial charge >= 0.3 is 0 Å². The van der Waals surface area contributed by atoms with Gasteiger partial charge in [-0.2, -0.15) is 14.6 Å². The third-order valence-electron chi connectivity index (χ3n) is 4.47. The van der Waals surface area contributed by atoms with Crippen LogP contribution >= 0.6 is 0 Å². The topological polar surface area (TPSA) is 64.3 Å². The first-order valence-electron chi connectivity index (χ1n) is 8.46. The number of fused-ring (bicyclic) bond motifs is 2. The zero-order chi connectivity index (χ0) is 16.5. The van der Waals surface area contributed by atoms with Gasteiger partial charge in [0.05, 0.1) is 12.3 Å². The molecule has 0 fully saturated rings. The van der Waals surface area contributed by atoms with Crippen LogP contribution in [0.2, 0.25) is 0 Å². The van der Waals surface area contributed by atoms with Crippen molar-refractivity contribution >= 4 is 17.3 Å². The van der Waals surface area contributed by atoms with Crippen molar-refractivity contribution in [2.75, 3.05) is 11.9 Å². The molecule has 2 aromatic heterocycles. The maximum absolute atomic E-state index is 5.51. The zero-order valence-electron chi connectivity index (χ0n) is 14.0. The summed E-state index contributed by atoms with van der Waals surface area (Å²) in [6.45, 7) is 4.93. The van der Waals surface area contributed by atoms with Gasteiger partial charge in [-0.1, -0.05) is 6.92 Å². The van der Waals surface area contributed by atoms with E-state index >= 15 is 0 Å². The molecule has 24 heavy (non-hydrogen) atoms. The maximum atomic E-state index is 5.51. The van der Waals surface area contributed by atoms with E-state index in [2.05, 4.69) is 22.3 Å². The lowest BCUT2D eigenvalue weighted by Gasteiger charge is -2.23. The summed E-state index contributed by atoms with van der Waals surface area (Å²) in [5, 5.41) is 7.86. The number of aromatic nitrogens is 4. The zero-order valence-corrected chi connectivity index (χ0v) is 14.0. The Bertz CT molecular complexity index is 856. The van der Waals surface area contributed by atoms with Crippen LogP contribution in [0.1, 0.15) is 31.5 Å². The third-order valence-corrected chi connectivity index (χ3v) is 4.47. The molecule has 124 valence electrons. The second-order valence-corrected chi connectivity index (χ2v) is 6.29. The molecule has 1 aliphatic carbocycles. The summed E-state index contributed by atoms with van der Waals surface area (Å²) in [5.41, 5.74) is 3.39. The van der Waals surface area contributed by atoms with Crippen molar-refractivity contribution in [2.45, 2.75) is 33.1 Å². The lowest BCUT2D eigenvalue weighted by Crippen LogP contribution is -2.18. The molecule has 6 nitrogen and oxygen atoms in total. The van der Waals surface area contributed by atoms with Crippen LogP contribution in [0.3, 0.4) is 0 Å². The highest BCUT2D eigenvalue weighted by Gasteiger charge is 2.23. The van der Waals surface area contributed by atoms with Gasteiger partial charge in [0.2, 0.25) is 0 Å². The predicted octanol–water partition coefficient (Wildman–Crippen LogP) is 3.39. The van der Waals surface area contributed by atoms with Gasteiger partial charge < -0.3 is 10.1 Å². The van der Waals surface area contributed by atoms with E-state index in [0.717, 1.165) is 35.8 Å². The average molecular weight is 323 g/mol. The van der Waals surface area contributed by atoms with Crippen LogP contribution in [0, 0.1) is 5.92 Å². The van der Waals surface area contributed by atoms with E-state index in [9.17, 15) is 0 Å². The van der Waals surface area contributed by atoms with Crippen molar-refractivity contribution in [3.63, 3.8) is 0 Å². The van der Waals surface area contributed by atoms with E-state index in [4.69, 9.17) is 9.72 Å². The Balaban J connectivity index is 1.73. The van der Waals surface area contributed by atoms with Crippen LogP contribution in [0.5, 0.6) is 5.75 Å². The van der Waals surface area contributed by atoms with E-state index in [1.807, 2.05) is 31.2 Å². The Morgan fingerprint density at radius 3 is 2.92 bits per heavy atom. The van der Waals surface area contributed by atoms with Crippen molar-refractivity contribution in [2.24, 2.45) is 5.92 Å². The first-order valence-corrected chi connectivity index (χ1v) is 8.46. The highest BCUT2D eigenvalue weighted by Crippen LogP contribution is 2.31. The molecule has 1 aromatic carbocycles. The summed E-state index contributed by atoms with van der Waals surface area (Å²) in [7, 11) is 0. The van der Waals surface area contributed by atoms with Gasteiger partial charge in [0.15, 0.2) is 0 Å². The molecule has 2 heterocycles. The minimum atomic E-state index is 0.649. The number of benzene rings is 1. The smallest absolute Gasteiger partial charge is 0.254 e. The molecule has 0 aliphatic heterocycles. The van der Waals surface area contributed by atoms with E-state index in [1.165, 1.54) is 12.0 Å². The molecule has 1 aliphatic rings. The average Bonchev–Trinajstić information content (AvgIpc) is 3.04. The number of nitrogens with one attached hydrogen (secondary N) is 1. The normalized spacial score (nSPS) is 16.8. The van der Waals surface area contributed by atoms with Crippen LogP contribution in [0.25, 0.3) is 5.78 Å². The van der Waals surface area contributed by atoms with Gasteiger partial charge in [-0.15, -0.1) is 0 Å². The SMILES string of the molecule is CCOc1ccc(Nc2c3c(nc4ncnn24)C[C@@H](C)CC3)cc1. The Kier molecular flexibility index (Phi) is 3.80. The van der Waals surface area contributed by atoms with Crippen molar-refractivity contribution < 1.29 is 4.74 Å². The standard InChI is InChI=1S/C18H21N5O/c1-3-24-14-7-5-13(6-8-14)21-17-15-9-4-12(2)10-16(15)22-18-19-11-20-23(17)18/h5-8,11-12,21H,3-4,9-10H2,1-2H3/t12-/m0/s1. The Labute approximate surface area is 140 Å². The number of hydrogen-bond donors (Lipinski definition) is 1. The summed E-state index contributed by atoms with van der Waals surface area (Å²) in [4.78, 5) is 8.97. The van der Waals surface area contributed by atoms with Crippen LogP contribution in [0.15, 0.2) is 30.6 Å². The fourth-order valence-electron chi connectivity index (χ4n) is 3.24. The Hall–Kier alpha value is -2.63. The summed E-state index contributed by atoms with van der Waals surface area (Å²) in [6, 6.07) is 7.98. The molecule has 0 amide bonds. The number of ether oxygens (including phenoxy) is 1. The third kappa shape index (κ3) is 2.68. The Morgan fingerprint density at radius 1 is 1.29 bits per heavy atom. The van der Waals surface area contributed by atoms with E-state index in [-0.39, 0.29) is 0 Å². The van der Waals surface area contributed by atoms with Crippen molar-refractivity contribution in [3.8, 4) is 5.75 Å². The largest absolute Gasteiger partial charge is 0.494 e. The molecule has 6 heteroatoms. The van der Waals surface area contributed by atoms with Crippen molar-refractivity contribution in [3.05, 3.63) is 41.9 Å². The number of nitrogens with zero attached hydrogens (tertiary/aromatic N) is 4. The molecule has 0 radical (unpaired) electrons. The quantitative estimate of drug-likeness (QED) is 0.797. The van der Waals surface area contributed by atoms with Gasteiger partial charge in [0, 0.05) is 11.3 Å². The maximum Gasteiger partial charge on any atom is 0.254 e. The fraction of sp³-hybridized carbons (Fsp3) is 0.389. The second kappa shape index (κ2) is 6.11. The highest BCUT2D eigenvalue weighted by molar-refractivity contribution is 5.63. The molecule has 0 saturated heterocycles. The first kappa shape index (κ1) is 14.9. The van der Waals surface area contributed by atoms with Crippen LogP contribution in [-0.4, -0.2) is 26.2 Å². The molecule has 0 saturated carbocycles. The molecule has 0 spiro atoms. The molecule has 0 unspecified atom stereocenters. The molecule has 3 aromatic rings. The summed E-state index contributed by atoms with van der Waals surface area (Å²) < 4.78 is 7.30. The molecule has 1 atom stereocenters. The van der Waals surface area contributed by atoms with E-state index in [1.54, 1.807) is 10.8 Å². The van der Waals surface area contributed by atoms with Crippen LogP contribution in [0.4, 0.5) is 11.5 Å². The lowest BCUT2D eigenvalue weighted by molar-refractivity contribution is 0.340. The number of hydrogen-bond acceptors (Lipinski definition) is 5. The Morgan fingerprint density at radius 2 is 2.12 bits per heavy atom. The predicted molar refractivity (Wildman–Crippen MR) is 92.9 cm³/mol. The van der Waals surface area contributed by atoms with Gasteiger partial charge in [-0.25, -0.2) is 4.98 Å². The number of anilines is 2. The first-order chi connectivity index (χ1) is 11.7. The summed E-state index contributed by atoms with van der Waals surface area (Å²) >= 11 is 0. The molecular weight excluding hydrogens is 302 g/mol. The molecule has 4 rings (SSSR count). The molecular formula is C18H21N5O. The summed E-state index contributed by atoms with van der Waals surface area (Å²) in [6.07, 6.45) is 4.74. The van der Waals surface area contributed by atoms with Crippen molar-refractivity contribution in [1.82, 2.24) is 19.6 Å². The highest BCUT2D eigenvalue weighted by atomic mass is 16.5. The lowest BCUT2D eigenvalue weighted by atomic mass is 9.88.